The number of anilines is 3. The van der Waals surface area contributed by atoms with Gasteiger partial charge in [-0.25, -0.2) is 0 Å². The molecule has 1 aromatic heterocycles. The highest BCUT2D eigenvalue weighted by Gasteiger charge is 2.19. The summed E-state index contributed by atoms with van der Waals surface area (Å²) in [6.45, 7) is 0. The van der Waals surface area contributed by atoms with Gasteiger partial charge in [0.2, 0.25) is 0 Å². The molecule has 11 aromatic carbocycles. The molecule has 12 rings (SSSR count). The van der Waals surface area contributed by atoms with E-state index < -0.39 is 0 Å². The summed E-state index contributed by atoms with van der Waals surface area (Å²) in [6.07, 6.45) is 0. The topological polar surface area (TPSA) is 8.17 Å². The molecule has 0 radical (unpaired) electrons. The van der Waals surface area contributed by atoms with Crippen LogP contribution in [0.15, 0.2) is 255 Å². The van der Waals surface area contributed by atoms with Gasteiger partial charge in [-0.3, -0.25) is 0 Å². The summed E-state index contributed by atoms with van der Waals surface area (Å²) in [4.78, 5) is 2.39. The quantitative estimate of drug-likeness (QED) is 0.139. The summed E-state index contributed by atoms with van der Waals surface area (Å²) in [5.74, 6) is 0. The van der Waals surface area contributed by atoms with Gasteiger partial charge >= 0.3 is 0 Å². The van der Waals surface area contributed by atoms with Gasteiger partial charge in [-0.15, -0.1) is 0 Å². The normalized spacial score (nSPS) is 11.4. The molecule has 2 nitrogen and oxygen atoms in total. The second-order valence-electron chi connectivity index (χ2n) is 16.5. The first kappa shape index (κ1) is 37.3. The molecular formula is C62H42N2. The SMILES string of the molecule is c1ccc(-c2ccccc2N(c2ccc(-c3cccc(-c4ccccc4-n4c5ccccc5c5ccccc54)c3)cc2)c2ccc(-c3ccc4c(ccc5ccccc54)c3)cc2)cc1. The first-order valence-corrected chi connectivity index (χ1v) is 22.0. The van der Waals surface area contributed by atoms with E-state index in [-0.39, 0.29) is 0 Å². The molecule has 64 heavy (non-hydrogen) atoms. The van der Waals surface area contributed by atoms with Crippen LogP contribution in [-0.4, -0.2) is 4.57 Å². The van der Waals surface area contributed by atoms with Crippen molar-refractivity contribution in [3.8, 4) is 50.2 Å². The third-order valence-corrected chi connectivity index (χ3v) is 12.8. The van der Waals surface area contributed by atoms with Crippen LogP contribution in [0.4, 0.5) is 17.1 Å². The van der Waals surface area contributed by atoms with Gasteiger partial charge in [0.25, 0.3) is 0 Å². The lowest BCUT2D eigenvalue weighted by molar-refractivity contribution is 1.18. The van der Waals surface area contributed by atoms with Crippen molar-refractivity contribution < 1.29 is 0 Å². The number of rotatable bonds is 8. The zero-order chi connectivity index (χ0) is 42.4. The lowest BCUT2D eigenvalue weighted by Gasteiger charge is -2.28. The molecular weight excluding hydrogens is 773 g/mol. The number of hydrogen-bond acceptors (Lipinski definition) is 1. The highest BCUT2D eigenvalue weighted by Crippen LogP contribution is 2.43. The number of benzene rings is 11. The fourth-order valence-corrected chi connectivity index (χ4v) is 9.72. The zero-order valence-electron chi connectivity index (χ0n) is 35.1. The molecule has 0 saturated heterocycles. The Morgan fingerprint density at radius 1 is 0.266 bits per heavy atom. The third kappa shape index (κ3) is 6.52. The minimum absolute atomic E-state index is 1.09. The van der Waals surface area contributed by atoms with Crippen LogP contribution < -0.4 is 4.90 Å². The Kier molecular flexibility index (Phi) is 9.20. The first-order chi connectivity index (χ1) is 31.7. The fraction of sp³-hybridized carbons (Fsp3) is 0. The van der Waals surface area contributed by atoms with Crippen LogP contribution in [0, 0.1) is 0 Å². The molecule has 0 N–H and O–H groups in total. The molecule has 300 valence electrons. The molecule has 0 bridgehead atoms. The summed E-state index contributed by atoms with van der Waals surface area (Å²) in [6, 6.07) is 92.6. The molecule has 1 heterocycles. The smallest absolute Gasteiger partial charge is 0.0541 e. The summed E-state index contributed by atoms with van der Waals surface area (Å²) in [7, 11) is 0. The molecule has 0 aliphatic heterocycles. The number of aromatic nitrogens is 1. The summed E-state index contributed by atoms with van der Waals surface area (Å²) >= 11 is 0. The maximum atomic E-state index is 2.42. The Hall–Kier alpha value is -8.46. The molecule has 0 amide bonds. The van der Waals surface area contributed by atoms with E-state index in [0.717, 1.165) is 22.6 Å². The van der Waals surface area contributed by atoms with Crippen molar-refractivity contribution in [1.29, 1.82) is 0 Å². The van der Waals surface area contributed by atoms with Gasteiger partial charge in [-0.2, -0.15) is 0 Å². The van der Waals surface area contributed by atoms with Crippen LogP contribution in [0.3, 0.4) is 0 Å². The average molecular weight is 815 g/mol. The summed E-state index contributed by atoms with van der Waals surface area (Å²) in [5, 5.41) is 7.60. The van der Waals surface area contributed by atoms with E-state index in [9.17, 15) is 0 Å². The fourth-order valence-electron chi connectivity index (χ4n) is 9.72. The summed E-state index contributed by atoms with van der Waals surface area (Å²) < 4.78 is 2.42. The van der Waals surface area contributed by atoms with E-state index in [1.54, 1.807) is 0 Å². The molecule has 0 spiro atoms. The van der Waals surface area contributed by atoms with Gasteiger partial charge in [0.15, 0.2) is 0 Å². The van der Waals surface area contributed by atoms with Gasteiger partial charge in [0, 0.05) is 33.3 Å². The van der Waals surface area contributed by atoms with Gasteiger partial charge in [0.1, 0.15) is 0 Å². The van der Waals surface area contributed by atoms with Crippen molar-refractivity contribution >= 4 is 60.4 Å². The number of para-hydroxylation sites is 4. The Bertz CT molecular complexity index is 3600. The lowest BCUT2D eigenvalue weighted by Crippen LogP contribution is -2.11. The molecule has 2 heteroatoms. The first-order valence-electron chi connectivity index (χ1n) is 22.0. The van der Waals surface area contributed by atoms with Crippen LogP contribution in [0.2, 0.25) is 0 Å². The third-order valence-electron chi connectivity index (χ3n) is 12.8. The lowest BCUT2D eigenvalue weighted by atomic mass is 9.96. The van der Waals surface area contributed by atoms with Crippen molar-refractivity contribution in [3.05, 3.63) is 255 Å². The van der Waals surface area contributed by atoms with Crippen molar-refractivity contribution in [1.82, 2.24) is 4.57 Å². The molecule has 0 atom stereocenters. The van der Waals surface area contributed by atoms with E-state index in [0.29, 0.717) is 0 Å². The van der Waals surface area contributed by atoms with E-state index in [2.05, 4.69) is 264 Å². The maximum absolute atomic E-state index is 2.42. The van der Waals surface area contributed by atoms with Crippen molar-refractivity contribution in [3.63, 3.8) is 0 Å². The van der Waals surface area contributed by atoms with Gasteiger partial charge in [-0.05, 0) is 116 Å². The Labute approximate surface area is 373 Å². The van der Waals surface area contributed by atoms with Crippen molar-refractivity contribution in [2.75, 3.05) is 4.90 Å². The molecule has 12 aromatic rings. The molecule has 0 aliphatic carbocycles. The maximum Gasteiger partial charge on any atom is 0.0541 e. The number of hydrogen-bond donors (Lipinski definition) is 0. The van der Waals surface area contributed by atoms with Crippen LogP contribution in [0.5, 0.6) is 0 Å². The van der Waals surface area contributed by atoms with E-state index in [4.69, 9.17) is 0 Å². The minimum atomic E-state index is 1.09. The Morgan fingerprint density at radius 2 is 0.766 bits per heavy atom. The monoisotopic (exact) mass is 814 g/mol. The standard InChI is InChI=1S/C62H42N2/c1-2-15-45(16-3-1)55-21-6-10-25-59(55)63(52-38-33-44(34-39-52)48-35-40-54-50(42-48)30-29-46-17-4-5-20-53(46)54)51-36-31-43(32-37-51)47-18-14-19-49(41-47)56-22-7-11-26-60(56)64-61-27-12-8-23-57(61)58-24-9-13-28-62(58)64/h1-42H. The highest BCUT2D eigenvalue weighted by molar-refractivity contribution is 6.10. The Balaban J connectivity index is 0.921. The Morgan fingerprint density at radius 3 is 1.48 bits per heavy atom. The van der Waals surface area contributed by atoms with Crippen molar-refractivity contribution in [2.24, 2.45) is 0 Å². The van der Waals surface area contributed by atoms with Crippen LogP contribution in [0.25, 0.3) is 93.5 Å². The molecule has 0 fully saturated rings. The predicted octanol–water partition coefficient (Wildman–Crippen LogP) is 17.2. The molecule has 0 aliphatic rings. The predicted molar refractivity (Wildman–Crippen MR) is 272 cm³/mol. The van der Waals surface area contributed by atoms with Crippen molar-refractivity contribution in [2.45, 2.75) is 0 Å². The highest BCUT2D eigenvalue weighted by atomic mass is 15.1. The molecule has 0 saturated carbocycles. The average Bonchev–Trinajstić information content (AvgIpc) is 3.71. The minimum Gasteiger partial charge on any atom is -0.310 e. The number of fused-ring (bicyclic) bond motifs is 6. The largest absolute Gasteiger partial charge is 0.310 e. The second kappa shape index (κ2) is 15.8. The zero-order valence-corrected chi connectivity index (χ0v) is 35.1. The number of nitrogens with zero attached hydrogens (tertiary/aromatic N) is 2. The van der Waals surface area contributed by atoms with E-state index >= 15 is 0 Å². The second-order valence-corrected chi connectivity index (χ2v) is 16.5. The van der Waals surface area contributed by atoms with E-state index in [1.165, 1.54) is 88.0 Å². The van der Waals surface area contributed by atoms with Crippen LogP contribution >= 0.6 is 0 Å². The summed E-state index contributed by atoms with van der Waals surface area (Å²) in [5.41, 5.74) is 16.3. The van der Waals surface area contributed by atoms with E-state index in [1.807, 2.05) is 0 Å². The molecule has 0 unspecified atom stereocenters. The van der Waals surface area contributed by atoms with Gasteiger partial charge in [0.05, 0.1) is 22.4 Å². The van der Waals surface area contributed by atoms with Crippen LogP contribution in [0.1, 0.15) is 0 Å². The van der Waals surface area contributed by atoms with Gasteiger partial charge < -0.3 is 9.47 Å². The van der Waals surface area contributed by atoms with Gasteiger partial charge in [-0.1, -0.05) is 194 Å². The van der Waals surface area contributed by atoms with Crippen LogP contribution in [-0.2, 0) is 0 Å².